The molecule has 2 aliphatic heterocycles. The summed E-state index contributed by atoms with van der Waals surface area (Å²) >= 11 is 0. The minimum Gasteiger partial charge on any atom is -0.338 e. The molecule has 2 aliphatic rings. The van der Waals surface area contributed by atoms with Crippen LogP contribution in [0.2, 0.25) is 0 Å². The summed E-state index contributed by atoms with van der Waals surface area (Å²) in [5.74, 6) is 0.653. The average Bonchev–Trinajstić information content (AvgIpc) is 3.20. The van der Waals surface area contributed by atoms with Crippen LogP contribution in [-0.4, -0.2) is 53.8 Å². The standard InChI is InChI=1S/C22H39N3O3/c1-7-22(16(2)3)14-18(26)25(19(22)27)12-9-8-11-23-20(28)24-13-10-17(15-24)21(4,5)6/h16-17H,7-15H2,1-6H3,(H,23,28). The lowest BCUT2D eigenvalue weighted by atomic mass is 9.73. The van der Waals surface area contributed by atoms with Gasteiger partial charge in [-0.1, -0.05) is 41.5 Å². The van der Waals surface area contributed by atoms with Crippen LogP contribution in [0.15, 0.2) is 0 Å². The predicted molar refractivity (Wildman–Crippen MR) is 111 cm³/mol. The van der Waals surface area contributed by atoms with Gasteiger partial charge in [-0.05, 0) is 42.9 Å². The van der Waals surface area contributed by atoms with Crippen LogP contribution in [-0.2, 0) is 9.59 Å². The minimum atomic E-state index is -0.523. The second-order valence-corrected chi connectivity index (χ2v) is 9.93. The SMILES string of the molecule is CCC1(C(C)C)CC(=O)N(CCCCNC(=O)N2CCC(C(C)(C)C)C2)C1=O. The number of carbonyl (C=O) groups is 3. The number of rotatable bonds is 7. The summed E-state index contributed by atoms with van der Waals surface area (Å²) in [5, 5.41) is 2.99. The van der Waals surface area contributed by atoms with Gasteiger partial charge in [-0.3, -0.25) is 14.5 Å². The van der Waals surface area contributed by atoms with E-state index in [1.54, 1.807) is 0 Å². The molecular formula is C22H39N3O3. The average molecular weight is 394 g/mol. The van der Waals surface area contributed by atoms with E-state index in [0.29, 0.717) is 31.8 Å². The van der Waals surface area contributed by atoms with E-state index in [-0.39, 0.29) is 29.2 Å². The Morgan fingerprint density at radius 3 is 2.43 bits per heavy atom. The van der Waals surface area contributed by atoms with Crippen molar-refractivity contribution in [1.82, 2.24) is 15.1 Å². The second-order valence-electron chi connectivity index (χ2n) is 9.93. The number of amides is 4. The highest BCUT2D eigenvalue weighted by Crippen LogP contribution is 2.42. The van der Waals surface area contributed by atoms with E-state index in [1.165, 1.54) is 4.90 Å². The lowest BCUT2D eigenvalue weighted by molar-refractivity contribution is -0.142. The smallest absolute Gasteiger partial charge is 0.317 e. The van der Waals surface area contributed by atoms with Gasteiger partial charge < -0.3 is 10.2 Å². The molecule has 0 aromatic rings. The van der Waals surface area contributed by atoms with Crippen molar-refractivity contribution in [1.29, 1.82) is 0 Å². The molecule has 28 heavy (non-hydrogen) atoms. The first-order valence-corrected chi connectivity index (χ1v) is 10.9. The summed E-state index contributed by atoms with van der Waals surface area (Å²) in [6.07, 6.45) is 3.58. The topological polar surface area (TPSA) is 69.7 Å². The van der Waals surface area contributed by atoms with Gasteiger partial charge in [0.1, 0.15) is 0 Å². The number of imide groups is 1. The van der Waals surface area contributed by atoms with Gasteiger partial charge in [-0.15, -0.1) is 0 Å². The van der Waals surface area contributed by atoms with Crippen LogP contribution in [0.1, 0.15) is 73.6 Å². The molecule has 0 aromatic heterocycles. The molecule has 2 heterocycles. The lowest BCUT2D eigenvalue weighted by Crippen LogP contribution is -2.40. The van der Waals surface area contributed by atoms with Crippen LogP contribution in [0.25, 0.3) is 0 Å². The molecule has 0 aromatic carbocycles. The predicted octanol–water partition coefficient (Wildman–Crippen LogP) is 3.66. The molecule has 160 valence electrons. The molecule has 6 heteroatoms. The van der Waals surface area contributed by atoms with Crippen molar-refractivity contribution in [3.05, 3.63) is 0 Å². The molecule has 2 rings (SSSR count). The maximum absolute atomic E-state index is 12.8. The summed E-state index contributed by atoms with van der Waals surface area (Å²) in [4.78, 5) is 40.8. The number of nitrogens with one attached hydrogen (secondary N) is 1. The van der Waals surface area contributed by atoms with Gasteiger partial charge in [0.05, 0.1) is 5.41 Å². The van der Waals surface area contributed by atoms with Crippen LogP contribution >= 0.6 is 0 Å². The van der Waals surface area contributed by atoms with E-state index in [0.717, 1.165) is 32.4 Å². The Morgan fingerprint density at radius 1 is 1.25 bits per heavy atom. The van der Waals surface area contributed by atoms with E-state index in [1.807, 2.05) is 25.7 Å². The van der Waals surface area contributed by atoms with Crippen molar-refractivity contribution in [2.75, 3.05) is 26.2 Å². The molecule has 0 saturated carbocycles. The van der Waals surface area contributed by atoms with Gasteiger partial charge in [0, 0.05) is 32.6 Å². The molecule has 0 aliphatic carbocycles. The monoisotopic (exact) mass is 393 g/mol. The van der Waals surface area contributed by atoms with Crippen LogP contribution in [0.5, 0.6) is 0 Å². The van der Waals surface area contributed by atoms with Gasteiger partial charge in [0.15, 0.2) is 0 Å². The molecule has 0 spiro atoms. The summed E-state index contributed by atoms with van der Waals surface area (Å²) in [6.45, 7) is 15.4. The highest BCUT2D eigenvalue weighted by molar-refractivity contribution is 6.06. The van der Waals surface area contributed by atoms with E-state index in [9.17, 15) is 14.4 Å². The first kappa shape index (κ1) is 22.7. The van der Waals surface area contributed by atoms with Crippen LogP contribution in [0, 0.1) is 22.7 Å². The summed E-state index contributed by atoms with van der Waals surface area (Å²) < 4.78 is 0. The molecule has 0 radical (unpaired) electrons. The van der Waals surface area contributed by atoms with Crippen molar-refractivity contribution in [2.24, 2.45) is 22.7 Å². The van der Waals surface area contributed by atoms with E-state index >= 15 is 0 Å². The zero-order valence-corrected chi connectivity index (χ0v) is 18.6. The third kappa shape index (κ3) is 4.69. The number of urea groups is 1. The molecular weight excluding hydrogens is 354 g/mol. The molecule has 2 saturated heterocycles. The van der Waals surface area contributed by atoms with Crippen molar-refractivity contribution < 1.29 is 14.4 Å². The summed E-state index contributed by atoms with van der Waals surface area (Å²) in [6, 6.07) is 0.00452. The number of nitrogens with zero attached hydrogens (tertiary/aromatic N) is 2. The van der Waals surface area contributed by atoms with Crippen molar-refractivity contribution in [3.63, 3.8) is 0 Å². The molecule has 2 fully saturated rings. The first-order valence-electron chi connectivity index (χ1n) is 10.9. The maximum atomic E-state index is 12.8. The molecule has 0 bridgehead atoms. The maximum Gasteiger partial charge on any atom is 0.317 e. The van der Waals surface area contributed by atoms with Gasteiger partial charge in [-0.2, -0.15) is 0 Å². The summed E-state index contributed by atoms with van der Waals surface area (Å²) in [7, 11) is 0. The molecule has 2 atom stereocenters. The van der Waals surface area contributed by atoms with Crippen molar-refractivity contribution >= 4 is 17.8 Å². The Morgan fingerprint density at radius 2 is 1.93 bits per heavy atom. The van der Waals surface area contributed by atoms with Crippen LogP contribution in [0.4, 0.5) is 4.79 Å². The second kappa shape index (κ2) is 8.83. The fraction of sp³-hybridized carbons (Fsp3) is 0.864. The van der Waals surface area contributed by atoms with Gasteiger partial charge in [0.2, 0.25) is 11.8 Å². The Balaban J connectivity index is 1.71. The Hall–Kier alpha value is -1.59. The van der Waals surface area contributed by atoms with Crippen molar-refractivity contribution in [3.8, 4) is 0 Å². The van der Waals surface area contributed by atoms with Crippen LogP contribution < -0.4 is 5.32 Å². The molecule has 1 N–H and O–H groups in total. The third-order valence-electron chi connectivity index (χ3n) is 6.96. The van der Waals surface area contributed by atoms with E-state index < -0.39 is 5.41 Å². The fourth-order valence-electron chi connectivity index (χ4n) is 4.54. The highest BCUT2D eigenvalue weighted by Gasteiger charge is 2.51. The summed E-state index contributed by atoms with van der Waals surface area (Å²) in [5.41, 5.74) is -0.293. The Bertz CT molecular complexity index is 596. The lowest BCUT2D eigenvalue weighted by Gasteiger charge is -2.29. The van der Waals surface area contributed by atoms with E-state index in [4.69, 9.17) is 0 Å². The number of unbranched alkanes of at least 4 members (excludes halogenated alkanes) is 1. The zero-order valence-electron chi connectivity index (χ0n) is 18.6. The largest absolute Gasteiger partial charge is 0.338 e. The number of carbonyl (C=O) groups excluding carboxylic acids is 3. The van der Waals surface area contributed by atoms with Gasteiger partial charge in [0.25, 0.3) is 0 Å². The third-order valence-corrected chi connectivity index (χ3v) is 6.96. The Kier molecular flexibility index (Phi) is 7.16. The number of hydrogen-bond donors (Lipinski definition) is 1. The number of likely N-dealkylation sites (tertiary alicyclic amines) is 2. The zero-order chi connectivity index (χ0) is 21.1. The minimum absolute atomic E-state index is 0.00452. The molecule has 4 amide bonds. The van der Waals surface area contributed by atoms with Crippen molar-refractivity contribution in [2.45, 2.75) is 73.6 Å². The molecule has 2 unspecified atom stereocenters. The quantitative estimate of drug-likeness (QED) is 0.530. The number of hydrogen-bond acceptors (Lipinski definition) is 3. The first-order chi connectivity index (χ1) is 13.0. The molecule has 6 nitrogen and oxygen atoms in total. The Labute approximate surface area is 170 Å². The van der Waals surface area contributed by atoms with Gasteiger partial charge >= 0.3 is 6.03 Å². The fourth-order valence-corrected chi connectivity index (χ4v) is 4.54. The normalized spacial score (nSPS) is 25.9. The van der Waals surface area contributed by atoms with Crippen LogP contribution in [0.3, 0.4) is 0 Å². The van der Waals surface area contributed by atoms with E-state index in [2.05, 4.69) is 26.1 Å². The highest BCUT2D eigenvalue weighted by atomic mass is 16.2. The van der Waals surface area contributed by atoms with Gasteiger partial charge in [-0.25, -0.2) is 4.79 Å².